The van der Waals surface area contributed by atoms with Crippen LogP contribution >= 0.6 is 11.8 Å². The third-order valence-corrected chi connectivity index (χ3v) is 4.39. The highest BCUT2D eigenvalue weighted by molar-refractivity contribution is 8.00. The molecule has 1 N–H and O–H groups in total. The van der Waals surface area contributed by atoms with Crippen LogP contribution in [0.4, 0.5) is 8.78 Å². The average Bonchev–Trinajstić information content (AvgIpc) is 2.55. The van der Waals surface area contributed by atoms with Crippen LogP contribution in [0.5, 0.6) is 0 Å². The monoisotopic (exact) mass is 349 g/mol. The molecule has 2 aromatic carbocycles. The van der Waals surface area contributed by atoms with E-state index in [4.69, 9.17) is 0 Å². The molecule has 0 fully saturated rings. The first kappa shape index (κ1) is 18.1. The fraction of sp³-hybridized carbons (Fsp3) is 0.222. The van der Waals surface area contributed by atoms with E-state index in [1.54, 1.807) is 18.2 Å². The summed E-state index contributed by atoms with van der Waals surface area (Å²) in [7, 11) is 0. The van der Waals surface area contributed by atoms with E-state index in [1.807, 2.05) is 0 Å². The number of halogens is 2. The minimum Gasteiger partial charge on any atom is -0.355 e. The molecule has 0 saturated carbocycles. The van der Waals surface area contributed by atoms with Crippen molar-refractivity contribution in [3.8, 4) is 0 Å². The molecule has 2 rings (SSSR count). The fourth-order valence-electron chi connectivity index (χ4n) is 2.03. The van der Waals surface area contributed by atoms with Crippen molar-refractivity contribution in [1.29, 1.82) is 0 Å². The molecule has 0 aliphatic heterocycles. The second-order valence-corrected chi connectivity index (χ2v) is 6.23. The van der Waals surface area contributed by atoms with Gasteiger partial charge in [-0.3, -0.25) is 9.59 Å². The van der Waals surface area contributed by atoms with Crippen molar-refractivity contribution in [2.75, 3.05) is 12.3 Å². The number of nitrogens with one attached hydrogen (secondary N) is 1. The predicted octanol–water partition coefficient (Wildman–Crippen LogP) is 3.62. The third kappa shape index (κ3) is 5.45. The Kier molecular flexibility index (Phi) is 6.49. The maximum atomic E-state index is 13.8. The van der Waals surface area contributed by atoms with Crippen LogP contribution in [0, 0.1) is 11.6 Å². The number of rotatable bonds is 7. The summed E-state index contributed by atoms with van der Waals surface area (Å²) >= 11 is 1.08. The van der Waals surface area contributed by atoms with Gasteiger partial charge in [-0.15, -0.1) is 11.8 Å². The van der Waals surface area contributed by atoms with Crippen LogP contribution < -0.4 is 5.32 Å². The molecule has 0 atom stereocenters. The highest BCUT2D eigenvalue weighted by Crippen LogP contribution is 2.22. The lowest BCUT2D eigenvalue weighted by atomic mass is 10.1. The van der Waals surface area contributed by atoms with Crippen molar-refractivity contribution >= 4 is 23.5 Å². The second-order valence-electron chi connectivity index (χ2n) is 5.22. The first-order chi connectivity index (χ1) is 11.5. The Hall–Kier alpha value is -2.21. The largest absolute Gasteiger partial charge is 0.355 e. The van der Waals surface area contributed by atoms with E-state index in [-0.39, 0.29) is 23.3 Å². The van der Waals surface area contributed by atoms with Gasteiger partial charge in [0.25, 0.3) is 0 Å². The van der Waals surface area contributed by atoms with Crippen molar-refractivity contribution in [3.63, 3.8) is 0 Å². The van der Waals surface area contributed by atoms with E-state index in [9.17, 15) is 18.4 Å². The average molecular weight is 349 g/mol. The lowest BCUT2D eigenvalue weighted by molar-refractivity contribution is -0.118. The lowest BCUT2D eigenvalue weighted by Gasteiger charge is -2.07. The number of Topliss-reactive ketones (excluding diaryl/α,β-unsaturated/α-hetero) is 1. The molecule has 24 heavy (non-hydrogen) atoms. The molecular formula is C18H17F2NO2S. The summed E-state index contributed by atoms with van der Waals surface area (Å²) in [5.74, 6) is -1.13. The van der Waals surface area contributed by atoms with Crippen molar-refractivity contribution < 1.29 is 18.4 Å². The van der Waals surface area contributed by atoms with Crippen LogP contribution in [-0.2, 0) is 11.2 Å². The van der Waals surface area contributed by atoms with Gasteiger partial charge in [0.05, 0.1) is 5.75 Å². The number of benzene rings is 2. The molecule has 3 nitrogen and oxygen atoms in total. The Balaban J connectivity index is 1.77. The SMILES string of the molecule is CC(=O)c1ccc(SCC(=O)NCCc2ccc(F)cc2)c(F)c1. The maximum absolute atomic E-state index is 13.8. The number of thioether (sulfide) groups is 1. The molecule has 0 radical (unpaired) electrons. The summed E-state index contributed by atoms with van der Waals surface area (Å²) in [5, 5.41) is 2.73. The Morgan fingerprint density at radius 2 is 1.79 bits per heavy atom. The molecule has 2 aromatic rings. The molecule has 6 heteroatoms. The van der Waals surface area contributed by atoms with Gasteiger partial charge in [-0.2, -0.15) is 0 Å². The summed E-state index contributed by atoms with van der Waals surface area (Å²) in [5.41, 5.74) is 1.23. The highest BCUT2D eigenvalue weighted by Gasteiger charge is 2.09. The van der Waals surface area contributed by atoms with E-state index >= 15 is 0 Å². The molecular weight excluding hydrogens is 332 g/mol. The van der Waals surface area contributed by atoms with Crippen molar-refractivity contribution in [2.24, 2.45) is 0 Å². The van der Waals surface area contributed by atoms with Crippen molar-refractivity contribution in [3.05, 3.63) is 65.2 Å². The Morgan fingerprint density at radius 1 is 1.08 bits per heavy atom. The summed E-state index contributed by atoms with van der Waals surface area (Å²) in [6.07, 6.45) is 0.596. The van der Waals surface area contributed by atoms with E-state index in [1.165, 1.54) is 31.2 Å². The zero-order valence-electron chi connectivity index (χ0n) is 13.1. The number of carbonyl (C=O) groups excluding carboxylic acids is 2. The number of carbonyl (C=O) groups is 2. The number of ketones is 1. The first-order valence-electron chi connectivity index (χ1n) is 7.40. The molecule has 0 aliphatic carbocycles. The van der Waals surface area contributed by atoms with Crippen LogP contribution in [0.2, 0.25) is 0 Å². The summed E-state index contributed by atoms with van der Waals surface area (Å²) in [4.78, 5) is 23.3. The summed E-state index contributed by atoms with van der Waals surface area (Å²) in [6.45, 7) is 1.80. The Bertz CT molecular complexity index is 732. The van der Waals surface area contributed by atoms with E-state index in [0.29, 0.717) is 23.4 Å². The molecule has 1 amide bonds. The van der Waals surface area contributed by atoms with E-state index in [2.05, 4.69) is 5.32 Å². The van der Waals surface area contributed by atoms with Crippen molar-refractivity contribution in [2.45, 2.75) is 18.2 Å². The van der Waals surface area contributed by atoms with Crippen LogP contribution in [-0.4, -0.2) is 24.0 Å². The first-order valence-corrected chi connectivity index (χ1v) is 8.38. The van der Waals surface area contributed by atoms with E-state index in [0.717, 1.165) is 17.3 Å². The summed E-state index contributed by atoms with van der Waals surface area (Å²) in [6, 6.07) is 10.3. The maximum Gasteiger partial charge on any atom is 0.230 e. The molecule has 0 spiro atoms. The molecule has 0 heterocycles. The molecule has 126 valence electrons. The van der Waals surface area contributed by atoms with Gasteiger partial charge in [0, 0.05) is 17.0 Å². The number of amides is 1. The van der Waals surface area contributed by atoms with Gasteiger partial charge in [0.15, 0.2) is 5.78 Å². The topological polar surface area (TPSA) is 46.2 Å². The Morgan fingerprint density at radius 3 is 2.42 bits per heavy atom. The Labute approximate surface area is 143 Å². The molecule has 0 saturated heterocycles. The molecule has 0 unspecified atom stereocenters. The molecule has 0 aliphatic rings. The van der Waals surface area contributed by atoms with Gasteiger partial charge in [-0.05, 0) is 43.2 Å². The fourth-order valence-corrected chi connectivity index (χ4v) is 2.78. The van der Waals surface area contributed by atoms with Crippen LogP contribution in [0.25, 0.3) is 0 Å². The van der Waals surface area contributed by atoms with Gasteiger partial charge in [0.2, 0.25) is 5.91 Å². The second kappa shape index (κ2) is 8.59. The van der Waals surface area contributed by atoms with Gasteiger partial charge >= 0.3 is 0 Å². The molecule has 0 bridgehead atoms. The standard InChI is InChI=1S/C18H17F2NO2S/c1-12(22)14-4-7-17(16(20)10-14)24-11-18(23)21-9-8-13-2-5-15(19)6-3-13/h2-7,10H,8-9,11H2,1H3,(H,21,23). The molecule has 0 aromatic heterocycles. The summed E-state index contributed by atoms with van der Waals surface area (Å²) < 4.78 is 26.6. The predicted molar refractivity (Wildman–Crippen MR) is 90.2 cm³/mol. The minimum absolute atomic E-state index is 0.0831. The zero-order valence-corrected chi connectivity index (χ0v) is 14.0. The number of hydrogen-bond donors (Lipinski definition) is 1. The quantitative estimate of drug-likeness (QED) is 0.613. The lowest BCUT2D eigenvalue weighted by Crippen LogP contribution is -2.27. The third-order valence-electron chi connectivity index (χ3n) is 3.35. The normalized spacial score (nSPS) is 10.5. The number of hydrogen-bond acceptors (Lipinski definition) is 3. The van der Waals surface area contributed by atoms with Gasteiger partial charge in [0.1, 0.15) is 11.6 Å². The zero-order chi connectivity index (χ0) is 17.5. The highest BCUT2D eigenvalue weighted by atomic mass is 32.2. The van der Waals surface area contributed by atoms with Crippen molar-refractivity contribution in [1.82, 2.24) is 5.32 Å². The minimum atomic E-state index is -0.508. The van der Waals surface area contributed by atoms with Gasteiger partial charge in [-0.1, -0.05) is 18.2 Å². The van der Waals surface area contributed by atoms with Crippen LogP contribution in [0.15, 0.2) is 47.4 Å². The van der Waals surface area contributed by atoms with Gasteiger partial charge in [-0.25, -0.2) is 8.78 Å². The van der Waals surface area contributed by atoms with Gasteiger partial charge < -0.3 is 5.32 Å². The van der Waals surface area contributed by atoms with E-state index < -0.39 is 5.82 Å². The smallest absolute Gasteiger partial charge is 0.230 e. The van der Waals surface area contributed by atoms with Crippen LogP contribution in [0.3, 0.4) is 0 Å². The van der Waals surface area contributed by atoms with Crippen LogP contribution in [0.1, 0.15) is 22.8 Å².